The van der Waals surface area contributed by atoms with Crippen LogP contribution in [0.4, 0.5) is 0 Å². The molecule has 0 heterocycles. The van der Waals surface area contributed by atoms with Gasteiger partial charge in [0.2, 0.25) is 0 Å². The molecule has 28 heavy (non-hydrogen) atoms. The minimum absolute atomic E-state index is 0.303. The number of phenols is 1. The molecule has 0 fully saturated rings. The van der Waals surface area contributed by atoms with Crippen LogP contribution in [0.15, 0.2) is 109 Å². The fourth-order valence-corrected chi connectivity index (χ4v) is 11.8. The van der Waals surface area contributed by atoms with Crippen LogP contribution in [0.25, 0.3) is 0 Å². The molecular weight excluding hydrogens is 427 g/mol. The minimum atomic E-state index is -3.33. The number of phenolic OH excluding ortho intramolecular Hbond substituents is 1. The maximum absolute atomic E-state index is 11.1. The Bertz CT molecular complexity index is 996. The van der Waals surface area contributed by atoms with Crippen LogP contribution in [0.2, 0.25) is 0 Å². The van der Waals surface area contributed by atoms with Gasteiger partial charge >= 0.3 is 175 Å². The van der Waals surface area contributed by atoms with Gasteiger partial charge in [-0.3, -0.25) is 0 Å². The van der Waals surface area contributed by atoms with Crippen molar-refractivity contribution < 1.29 is 5.11 Å². The standard InChI is InChI=1S/C25H22BrOP/c1-20-17-18-24(27)25(19-20)28(26,21-11-5-2-6-12-21,22-13-7-3-8-14-22)23-15-9-4-10-16-23/h2-19,27H,1H3. The number of aryl methyl sites for hydroxylation is 1. The van der Waals surface area contributed by atoms with Crippen molar-refractivity contribution in [2.45, 2.75) is 6.92 Å². The summed E-state index contributed by atoms with van der Waals surface area (Å²) in [5, 5.41) is 12.2. The molecule has 1 N–H and O–H groups in total. The molecule has 140 valence electrons. The SMILES string of the molecule is Cc1ccc(O)c(P(Br)(c2ccccc2)(c2ccccc2)c2ccccc2)c1. The maximum atomic E-state index is 11.1. The van der Waals surface area contributed by atoms with Gasteiger partial charge in [0, 0.05) is 0 Å². The van der Waals surface area contributed by atoms with E-state index in [1.165, 1.54) is 0 Å². The second kappa shape index (κ2) is 7.20. The first-order valence-electron chi connectivity index (χ1n) is 9.26. The number of benzene rings is 4. The Morgan fingerprint density at radius 2 is 1.00 bits per heavy atom. The van der Waals surface area contributed by atoms with Crippen molar-refractivity contribution in [1.29, 1.82) is 0 Å². The first kappa shape index (κ1) is 18.9. The summed E-state index contributed by atoms with van der Waals surface area (Å²) >= 11 is 4.38. The quantitative estimate of drug-likeness (QED) is 0.427. The van der Waals surface area contributed by atoms with E-state index >= 15 is 0 Å². The fourth-order valence-electron chi connectivity index (χ4n) is 3.96. The molecule has 0 aliphatic carbocycles. The van der Waals surface area contributed by atoms with E-state index in [-0.39, 0.29) is 0 Å². The Labute approximate surface area is 174 Å². The summed E-state index contributed by atoms with van der Waals surface area (Å²) in [5.41, 5.74) is 1.11. The van der Waals surface area contributed by atoms with Crippen molar-refractivity contribution >= 4 is 42.0 Å². The van der Waals surface area contributed by atoms with E-state index in [1.807, 2.05) is 30.3 Å². The number of rotatable bonds is 4. The summed E-state index contributed by atoms with van der Waals surface area (Å²) in [5.74, 6) is 0.303. The third-order valence-corrected chi connectivity index (χ3v) is 15.2. The topological polar surface area (TPSA) is 20.2 Å². The van der Waals surface area contributed by atoms with E-state index < -0.39 is 5.31 Å². The summed E-state index contributed by atoms with van der Waals surface area (Å²) in [6.45, 7) is 2.07. The molecule has 3 heteroatoms. The number of hydrogen-bond donors (Lipinski definition) is 1. The summed E-state index contributed by atoms with van der Waals surface area (Å²) in [7, 11) is 0. The molecule has 0 unspecified atom stereocenters. The van der Waals surface area contributed by atoms with E-state index in [0.717, 1.165) is 26.8 Å². The second-order valence-electron chi connectivity index (χ2n) is 7.01. The Morgan fingerprint density at radius 3 is 1.39 bits per heavy atom. The van der Waals surface area contributed by atoms with Crippen LogP contribution in [0.1, 0.15) is 5.56 Å². The van der Waals surface area contributed by atoms with Crippen molar-refractivity contribution in [2.24, 2.45) is 0 Å². The average molecular weight is 449 g/mol. The Balaban J connectivity index is 2.28. The molecule has 0 aromatic heterocycles. The number of hydrogen-bond acceptors (Lipinski definition) is 1. The molecule has 0 radical (unpaired) electrons. The van der Waals surface area contributed by atoms with Crippen LogP contribution >= 0.6 is 20.8 Å². The summed E-state index contributed by atoms with van der Waals surface area (Å²) in [6, 6.07) is 37.3. The van der Waals surface area contributed by atoms with Gasteiger partial charge in [-0.2, -0.15) is 0 Å². The Morgan fingerprint density at radius 1 is 0.607 bits per heavy atom. The van der Waals surface area contributed by atoms with Gasteiger partial charge in [0.25, 0.3) is 0 Å². The normalized spacial score (nSPS) is 12.9. The van der Waals surface area contributed by atoms with Crippen LogP contribution in [0, 0.1) is 6.92 Å². The zero-order valence-corrected chi connectivity index (χ0v) is 18.1. The number of halogens is 1. The predicted octanol–water partition coefficient (Wildman–Crippen LogP) is 5.17. The molecule has 0 bridgehead atoms. The van der Waals surface area contributed by atoms with E-state index in [2.05, 4.69) is 101 Å². The molecule has 4 aromatic carbocycles. The second-order valence-corrected chi connectivity index (χ2v) is 15.3. The molecular formula is C25H22BrOP. The van der Waals surface area contributed by atoms with Gasteiger partial charge < -0.3 is 0 Å². The van der Waals surface area contributed by atoms with E-state index in [1.54, 1.807) is 0 Å². The van der Waals surface area contributed by atoms with Crippen LogP contribution in [-0.2, 0) is 0 Å². The molecule has 0 aliphatic rings. The van der Waals surface area contributed by atoms with Gasteiger partial charge in [0.1, 0.15) is 0 Å². The van der Waals surface area contributed by atoms with Crippen LogP contribution < -0.4 is 21.2 Å². The average Bonchev–Trinajstić information content (AvgIpc) is 2.77. The first-order valence-corrected chi connectivity index (χ1v) is 13.5. The molecule has 0 saturated carbocycles. The van der Waals surface area contributed by atoms with Crippen LogP contribution in [-0.4, -0.2) is 5.11 Å². The summed E-state index contributed by atoms with van der Waals surface area (Å²) in [6.07, 6.45) is 0. The molecule has 0 atom stereocenters. The van der Waals surface area contributed by atoms with Gasteiger partial charge in [-0.05, 0) is 0 Å². The fraction of sp³-hybridized carbons (Fsp3) is 0.0400. The van der Waals surface area contributed by atoms with Gasteiger partial charge in [-0.25, -0.2) is 0 Å². The zero-order chi connectivity index (χ0) is 19.6. The molecule has 0 saturated heterocycles. The van der Waals surface area contributed by atoms with E-state index in [4.69, 9.17) is 0 Å². The van der Waals surface area contributed by atoms with Gasteiger partial charge in [-0.15, -0.1) is 0 Å². The Kier molecular flexibility index (Phi) is 4.87. The van der Waals surface area contributed by atoms with Gasteiger partial charge in [-0.1, -0.05) is 0 Å². The van der Waals surface area contributed by atoms with Crippen molar-refractivity contribution in [2.75, 3.05) is 0 Å². The summed E-state index contributed by atoms with van der Waals surface area (Å²) < 4.78 is 0. The zero-order valence-electron chi connectivity index (χ0n) is 15.7. The van der Waals surface area contributed by atoms with E-state index in [9.17, 15) is 5.11 Å². The van der Waals surface area contributed by atoms with Crippen molar-refractivity contribution in [3.8, 4) is 5.75 Å². The van der Waals surface area contributed by atoms with Crippen molar-refractivity contribution in [3.63, 3.8) is 0 Å². The molecule has 0 amide bonds. The van der Waals surface area contributed by atoms with E-state index in [0.29, 0.717) is 5.75 Å². The monoisotopic (exact) mass is 448 g/mol. The third kappa shape index (κ3) is 2.71. The van der Waals surface area contributed by atoms with Gasteiger partial charge in [0.15, 0.2) is 0 Å². The molecule has 1 nitrogen and oxygen atoms in total. The Hall–Kier alpha value is -2.41. The summed E-state index contributed by atoms with van der Waals surface area (Å²) in [4.78, 5) is 0. The van der Waals surface area contributed by atoms with Crippen molar-refractivity contribution in [1.82, 2.24) is 0 Å². The van der Waals surface area contributed by atoms with Gasteiger partial charge in [0.05, 0.1) is 0 Å². The first-order chi connectivity index (χ1) is 13.6. The molecule has 0 aliphatic heterocycles. The van der Waals surface area contributed by atoms with Crippen LogP contribution in [0.3, 0.4) is 0 Å². The van der Waals surface area contributed by atoms with Crippen molar-refractivity contribution in [3.05, 3.63) is 115 Å². The third-order valence-electron chi connectivity index (χ3n) is 5.31. The number of aromatic hydroxyl groups is 1. The molecule has 4 aromatic rings. The molecule has 4 rings (SSSR count). The predicted molar refractivity (Wildman–Crippen MR) is 127 cm³/mol. The molecule has 0 spiro atoms. The van der Waals surface area contributed by atoms with Crippen LogP contribution in [0.5, 0.6) is 5.75 Å².